The number of pyridine rings is 1. The molecule has 0 radical (unpaired) electrons. The van der Waals surface area contributed by atoms with Crippen molar-refractivity contribution in [1.29, 1.82) is 0 Å². The molecule has 0 spiro atoms. The lowest BCUT2D eigenvalue weighted by Gasteiger charge is -2.08. The second-order valence-electron chi connectivity index (χ2n) is 6.84. The van der Waals surface area contributed by atoms with Crippen LogP contribution in [0.5, 0.6) is 0 Å². The van der Waals surface area contributed by atoms with Gasteiger partial charge in [0.05, 0.1) is 18.0 Å². The first-order chi connectivity index (χ1) is 14.1. The Bertz CT molecular complexity index is 1250. The van der Waals surface area contributed by atoms with Gasteiger partial charge in [-0.15, -0.1) is 5.10 Å². The molecule has 4 aromatic rings. The van der Waals surface area contributed by atoms with Crippen molar-refractivity contribution in [2.24, 2.45) is 0 Å². The third kappa shape index (κ3) is 2.97. The zero-order valence-corrected chi connectivity index (χ0v) is 15.5. The molecule has 0 bridgehead atoms. The number of benzene rings is 2. The van der Waals surface area contributed by atoms with Gasteiger partial charge in [-0.3, -0.25) is 9.78 Å². The maximum atomic E-state index is 12.8. The maximum absolute atomic E-state index is 12.8. The topological polar surface area (TPSA) is 102 Å². The molecule has 3 heterocycles. The highest BCUT2D eigenvalue weighted by molar-refractivity contribution is 6.61. The molecule has 1 aliphatic rings. The number of carbonyl (C=O) groups excluding carboxylic acids is 1. The van der Waals surface area contributed by atoms with E-state index in [1.165, 1.54) is 0 Å². The lowest BCUT2D eigenvalue weighted by Crippen LogP contribution is -2.28. The van der Waals surface area contributed by atoms with Crippen LogP contribution >= 0.6 is 0 Å². The van der Waals surface area contributed by atoms with Crippen molar-refractivity contribution >= 4 is 34.9 Å². The van der Waals surface area contributed by atoms with Crippen LogP contribution in [0.2, 0.25) is 0 Å². The minimum atomic E-state index is -0.909. The predicted octanol–water partition coefficient (Wildman–Crippen LogP) is 1.59. The molecule has 9 heteroatoms. The summed E-state index contributed by atoms with van der Waals surface area (Å²) in [6.07, 6.45) is 3.51. The van der Waals surface area contributed by atoms with Crippen LogP contribution in [0.4, 0.5) is 5.69 Å². The van der Waals surface area contributed by atoms with Crippen molar-refractivity contribution in [3.63, 3.8) is 0 Å². The van der Waals surface area contributed by atoms with Crippen LogP contribution in [0.1, 0.15) is 21.7 Å². The first-order valence-electron chi connectivity index (χ1n) is 9.11. The van der Waals surface area contributed by atoms with Gasteiger partial charge in [-0.05, 0) is 42.2 Å². The highest BCUT2D eigenvalue weighted by atomic mass is 16.5. The molecule has 5 rings (SSSR count). The summed E-state index contributed by atoms with van der Waals surface area (Å²) in [5.41, 5.74) is 3.88. The summed E-state index contributed by atoms with van der Waals surface area (Å²) in [7, 11) is -0.909. The standard InChI is InChI=1S/C20H16BN5O3/c1-12-19(20(27)23-15-5-6-17-14(9-15)11-29-21(17)28)24-25-26(12)18-4-2-3-13-10-22-8-7-16(13)18/h2-10,28H,11H2,1H3,(H,23,27). The minimum Gasteiger partial charge on any atom is -0.423 e. The highest BCUT2D eigenvalue weighted by Crippen LogP contribution is 2.23. The minimum absolute atomic E-state index is 0.243. The molecule has 0 fully saturated rings. The van der Waals surface area contributed by atoms with E-state index in [2.05, 4.69) is 20.6 Å². The Kier molecular flexibility index (Phi) is 4.11. The third-order valence-corrected chi connectivity index (χ3v) is 5.06. The average molecular weight is 385 g/mol. The Balaban J connectivity index is 1.46. The number of carbonyl (C=O) groups is 1. The van der Waals surface area contributed by atoms with Gasteiger partial charge in [-0.25, -0.2) is 4.68 Å². The molecule has 0 aliphatic carbocycles. The Morgan fingerprint density at radius 3 is 3.07 bits per heavy atom. The van der Waals surface area contributed by atoms with E-state index < -0.39 is 7.12 Å². The summed E-state index contributed by atoms with van der Waals surface area (Å²) >= 11 is 0. The molecule has 0 atom stereocenters. The van der Waals surface area contributed by atoms with Crippen molar-refractivity contribution in [1.82, 2.24) is 20.0 Å². The molecule has 8 nitrogen and oxygen atoms in total. The average Bonchev–Trinajstić information content (AvgIpc) is 3.30. The van der Waals surface area contributed by atoms with Gasteiger partial charge >= 0.3 is 7.12 Å². The Morgan fingerprint density at radius 1 is 1.28 bits per heavy atom. The van der Waals surface area contributed by atoms with Gasteiger partial charge in [-0.2, -0.15) is 0 Å². The summed E-state index contributed by atoms with van der Waals surface area (Å²) < 4.78 is 6.84. The lowest BCUT2D eigenvalue weighted by atomic mass is 9.79. The monoisotopic (exact) mass is 385 g/mol. The van der Waals surface area contributed by atoms with Crippen LogP contribution in [-0.4, -0.2) is 38.0 Å². The molecule has 142 valence electrons. The van der Waals surface area contributed by atoms with Gasteiger partial charge in [0, 0.05) is 28.9 Å². The fourth-order valence-corrected chi connectivity index (χ4v) is 3.56. The van der Waals surface area contributed by atoms with Gasteiger partial charge in [0.1, 0.15) is 0 Å². The number of anilines is 1. The van der Waals surface area contributed by atoms with E-state index in [4.69, 9.17) is 4.65 Å². The van der Waals surface area contributed by atoms with E-state index in [1.807, 2.05) is 31.2 Å². The SMILES string of the molecule is Cc1c(C(=O)Nc2ccc3c(c2)COB3O)nnn1-c1cccc2cnccc12. The molecule has 2 aromatic heterocycles. The smallest absolute Gasteiger partial charge is 0.423 e. The quantitative estimate of drug-likeness (QED) is 0.520. The van der Waals surface area contributed by atoms with Crippen molar-refractivity contribution in [3.05, 3.63) is 71.8 Å². The highest BCUT2D eigenvalue weighted by Gasteiger charge is 2.27. The Morgan fingerprint density at radius 2 is 2.17 bits per heavy atom. The predicted molar refractivity (Wildman–Crippen MR) is 108 cm³/mol. The first kappa shape index (κ1) is 17.5. The Labute approximate surface area is 166 Å². The fraction of sp³-hybridized carbons (Fsp3) is 0.100. The molecule has 0 unspecified atom stereocenters. The van der Waals surface area contributed by atoms with Crippen LogP contribution in [0.3, 0.4) is 0 Å². The zero-order valence-electron chi connectivity index (χ0n) is 15.5. The van der Waals surface area contributed by atoms with Gasteiger partial charge in [0.25, 0.3) is 5.91 Å². The molecule has 1 aliphatic heterocycles. The number of hydrogen-bond acceptors (Lipinski definition) is 6. The van der Waals surface area contributed by atoms with Crippen molar-refractivity contribution in [2.75, 3.05) is 5.32 Å². The van der Waals surface area contributed by atoms with E-state index in [0.717, 1.165) is 27.5 Å². The summed E-state index contributed by atoms with van der Waals surface area (Å²) in [5.74, 6) is -0.352. The van der Waals surface area contributed by atoms with E-state index in [-0.39, 0.29) is 11.6 Å². The summed E-state index contributed by atoms with van der Waals surface area (Å²) in [5, 5.41) is 22.8. The van der Waals surface area contributed by atoms with Crippen LogP contribution in [-0.2, 0) is 11.3 Å². The number of nitrogens with zero attached hydrogens (tertiary/aromatic N) is 4. The first-order valence-corrected chi connectivity index (χ1v) is 9.11. The molecule has 2 N–H and O–H groups in total. The van der Waals surface area contributed by atoms with E-state index in [9.17, 15) is 9.82 Å². The normalized spacial score (nSPS) is 13.0. The number of rotatable bonds is 3. The van der Waals surface area contributed by atoms with Gasteiger partial charge in [0.15, 0.2) is 5.69 Å². The molecular formula is C20H16BN5O3. The van der Waals surface area contributed by atoms with Crippen molar-refractivity contribution < 1.29 is 14.5 Å². The number of nitrogens with one attached hydrogen (secondary N) is 1. The van der Waals surface area contributed by atoms with Crippen LogP contribution in [0, 0.1) is 6.92 Å². The van der Waals surface area contributed by atoms with Crippen LogP contribution in [0.25, 0.3) is 16.5 Å². The van der Waals surface area contributed by atoms with Crippen LogP contribution < -0.4 is 10.8 Å². The molecule has 0 saturated carbocycles. The van der Waals surface area contributed by atoms with Gasteiger partial charge < -0.3 is 15.0 Å². The second kappa shape index (κ2) is 6.80. The molecule has 0 saturated heterocycles. The zero-order chi connectivity index (χ0) is 20.0. The summed E-state index contributed by atoms with van der Waals surface area (Å²) in [6.45, 7) is 2.12. The largest absolute Gasteiger partial charge is 0.491 e. The molecule has 2 aromatic carbocycles. The molecular weight excluding hydrogens is 369 g/mol. The molecule has 1 amide bonds. The number of hydrogen-bond donors (Lipinski definition) is 2. The summed E-state index contributed by atoms with van der Waals surface area (Å²) in [6, 6.07) is 13.0. The van der Waals surface area contributed by atoms with Gasteiger partial charge in [0.2, 0.25) is 0 Å². The van der Waals surface area contributed by atoms with E-state index >= 15 is 0 Å². The fourth-order valence-electron chi connectivity index (χ4n) is 3.56. The van der Waals surface area contributed by atoms with Crippen LogP contribution in [0.15, 0.2) is 54.9 Å². The number of aromatic nitrogens is 4. The number of amides is 1. The number of fused-ring (bicyclic) bond motifs is 2. The van der Waals surface area contributed by atoms with E-state index in [1.54, 1.807) is 35.3 Å². The van der Waals surface area contributed by atoms with Crippen molar-refractivity contribution in [2.45, 2.75) is 13.5 Å². The molecule has 29 heavy (non-hydrogen) atoms. The Hall–Kier alpha value is -3.56. The second-order valence-corrected chi connectivity index (χ2v) is 6.84. The van der Waals surface area contributed by atoms with E-state index in [0.29, 0.717) is 18.0 Å². The van der Waals surface area contributed by atoms with Crippen molar-refractivity contribution in [3.8, 4) is 5.69 Å². The third-order valence-electron chi connectivity index (χ3n) is 5.06. The maximum Gasteiger partial charge on any atom is 0.491 e. The van der Waals surface area contributed by atoms with Gasteiger partial charge in [-0.1, -0.05) is 23.4 Å². The lowest BCUT2D eigenvalue weighted by molar-refractivity contribution is 0.102. The summed E-state index contributed by atoms with van der Waals surface area (Å²) in [4.78, 5) is 16.9.